The predicted octanol–water partition coefficient (Wildman–Crippen LogP) is 3.77. The Hall–Kier alpha value is -3.26. The fourth-order valence-corrected chi connectivity index (χ4v) is 3.49. The smallest absolute Gasteiger partial charge is 0.343 e. The fourth-order valence-electron chi connectivity index (χ4n) is 2.72. The molecule has 0 aliphatic rings. The maximum atomic E-state index is 12.4. The highest BCUT2D eigenvalue weighted by molar-refractivity contribution is 7.99. The number of anilines is 1. The minimum atomic E-state index is -0.455. The Kier molecular flexibility index (Phi) is 7.13. The minimum absolute atomic E-state index is 0.140. The molecule has 3 rings (SSSR count). The van der Waals surface area contributed by atoms with Crippen LogP contribution in [-0.2, 0) is 14.3 Å². The highest BCUT2D eigenvalue weighted by Crippen LogP contribution is 2.24. The van der Waals surface area contributed by atoms with Gasteiger partial charge < -0.3 is 14.8 Å². The van der Waals surface area contributed by atoms with Crippen LogP contribution in [0.25, 0.3) is 5.69 Å². The predicted molar refractivity (Wildman–Crippen MR) is 116 cm³/mol. The summed E-state index contributed by atoms with van der Waals surface area (Å²) < 4.78 is 11.8. The van der Waals surface area contributed by atoms with E-state index in [9.17, 15) is 9.59 Å². The van der Waals surface area contributed by atoms with Gasteiger partial charge in [-0.1, -0.05) is 23.9 Å². The van der Waals surface area contributed by atoms with Gasteiger partial charge in [0.2, 0.25) is 5.91 Å². The highest BCUT2D eigenvalue weighted by Gasteiger charge is 2.11. The third-order valence-corrected chi connectivity index (χ3v) is 5.25. The monoisotopic (exact) mass is 425 g/mol. The zero-order valence-corrected chi connectivity index (χ0v) is 17.9. The van der Waals surface area contributed by atoms with Crippen molar-refractivity contribution in [2.75, 3.05) is 24.8 Å². The number of aromatic nitrogens is 2. The number of nitrogens with one attached hydrogen (secondary N) is 1. The summed E-state index contributed by atoms with van der Waals surface area (Å²) in [6, 6.07) is 13.0. The van der Waals surface area contributed by atoms with Gasteiger partial charge in [-0.15, -0.1) is 0 Å². The molecular formula is C22H23N3O4S. The van der Waals surface area contributed by atoms with E-state index in [-0.39, 0.29) is 18.3 Å². The molecule has 1 N–H and O–H groups in total. The molecule has 30 heavy (non-hydrogen) atoms. The molecule has 0 atom stereocenters. The van der Waals surface area contributed by atoms with Gasteiger partial charge in [0.25, 0.3) is 0 Å². The van der Waals surface area contributed by atoms with E-state index in [0.717, 1.165) is 22.0 Å². The molecule has 7 nitrogen and oxygen atoms in total. The number of esters is 1. The summed E-state index contributed by atoms with van der Waals surface area (Å²) in [6.45, 7) is 3.94. The van der Waals surface area contributed by atoms with Crippen molar-refractivity contribution in [2.24, 2.45) is 0 Å². The van der Waals surface area contributed by atoms with E-state index in [1.807, 2.05) is 17.7 Å². The van der Waals surface area contributed by atoms with E-state index in [4.69, 9.17) is 4.74 Å². The Morgan fingerprint density at radius 2 is 1.90 bits per heavy atom. The number of thioether (sulfide) groups is 1. The molecule has 0 saturated heterocycles. The van der Waals surface area contributed by atoms with Crippen LogP contribution in [0.2, 0.25) is 0 Å². The van der Waals surface area contributed by atoms with Gasteiger partial charge in [0.05, 0.1) is 18.6 Å². The largest absolute Gasteiger partial charge is 0.482 e. The Balaban J connectivity index is 1.56. The van der Waals surface area contributed by atoms with Gasteiger partial charge in [0, 0.05) is 18.1 Å². The average Bonchev–Trinajstić information content (AvgIpc) is 3.21. The van der Waals surface area contributed by atoms with E-state index in [1.54, 1.807) is 30.5 Å². The van der Waals surface area contributed by atoms with Crippen molar-refractivity contribution in [3.63, 3.8) is 0 Å². The molecule has 0 aliphatic carbocycles. The first kappa shape index (κ1) is 21.4. The first-order valence-corrected chi connectivity index (χ1v) is 10.3. The summed E-state index contributed by atoms with van der Waals surface area (Å²) in [5.41, 5.74) is 4.00. The van der Waals surface area contributed by atoms with E-state index < -0.39 is 5.97 Å². The maximum absolute atomic E-state index is 12.4. The van der Waals surface area contributed by atoms with Crippen LogP contribution < -0.4 is 10.1 Å². The molecule has 3 aromatic rings. The van der Waals surface area contributed by atoms with Crippen molar-refractivity contribution >= 4 is 29.3 Å². The quantitative estimate of drug-likeness (QED) is 0.437. The lowest BCUT2D eigenvalue weighted by molar-refractivity contribution is -0.142. The molecule has 0 fully saturated rings. The first-order chi connectivity index (χ1) is 14.5. The summed E-state index contributed by atoms with van der Waals surface area (Å²) in [7, 11) is 1.30. The zero-order chi connectivity index (χ0) is 21.5. The summed E-state index contributed by atoms with van der Waals surface area (Å²) >= 11 is 1.37. The van der Waals surface area contributed by atoms with Gasteiger partial charge in [-0.25, -0.2) is 9.78 Å². The van der Waals surface area contributed by atoms with Crippen LogP contribution in [0.5, 0.6) is 5.75 Å². The molecule has 156 valence electrons. The third-order valence-electron chi connectivity index (χ3n) is 4.29. The maximum Gasteiger partial charge on any atom is 0.343 e. The Morgan fingerprint density at radius 3 is 2.63 bits per heavy atom. The summed E-state index contributed by atoms with van der Waals surface area (Å²) in [6.07, 6.45) is 3.63. The summed E-state index contributed by atoms with van der Waals surface area (Å²) in [5.74, 6) is 0.147. The van der Waals surface area contributed by atoms with Crippen LogP contribution in [0, 0.1) is 13.8 Å². The lowest BCUT2D eigenvalue weighted by Gasteiger charge is -2.11. The van der Waals surface area contributed by atoms with Crippen molar-refractivity contribution < 1.29 is 19.1 Å². The SMILES string of the molecule is COC(=O)COc1ccc(NC(=O)CSc2nccn2-c2cc(C)ccc2C)cc1. The summed E-state index contributed by atoms with van der Waals surface area (Å²) in [4.78, 5) is 27.8. The number of amides is 1. The van der Waals surface area contributed by atoms with E-state index in [1.165, 1.54) is 18.9 Å². The molecule has 0 bridgehead atoms. The van der Waals surface area contributed by atoms with Gasteiger partial charge in [-0.3, -0.25) is 9.36 Å². The van der Waals surface area contributed by atoms with E-state index in [2.05, 4.69) is 40.2 Å². The topological polar surface area (TPSA) is 82.4 Å². The van der Waals surface area contributed by atoms with Gasteiger partial charge in [-0.2, -0.15) is 0 Å². The number of carbonyl (C=O) groups excluding carboxylic acids is 2. The molecular weight excluding hydrogens is 402 g/mol. The van der Waals surface area contributed by atoms with Crippen LogP contribution in [0.1, 0.15) is 11.1 Å². The van der Waals surface area contributed by atoms with Gasteiger partial charge in [-0.05, 0) is 55.3 Å². The standard InChI is InChI=1S/C22H23N3O4S/c1-15-4-5-16(2)19(12-15)25-11-10-23-22(25)30-14-20(26)24-17-6-8-18(9-7-17)29-13-21(27)28-3/h4-12H,13-14H2,1-3H3,(H,24,26). The van der Waals surface area contributed by atoms with Crippen molar-refractivity contribution in [1.29, 1.82) is 0 Å². The molecule has 2 aromatic carbocycles. The fraction of sp³-hybridized carbons (Fsp3) is 0.227. The molecule has 0 saturated carbocycles. The Bertz CT molecular complexity index is 1030. The first-order valence-electron chi connectivity index (χ1n) is 9.29. The second-order valence-electron chi connectivity index (χ2n) is 6.60. The van der Waals surface area contributed by atoms with Crippen molar-refractivity contribution in [2.45, 2.75) is 19.0 Å². The molecule has 0 aliphatic heterocycles. The van der Waals surface area contributed by atoms with E-state index in [0.29, 0.717) is 11.4 Å². The Morgan fingerprint density at radius 1 is 1.13 bits per heavy atom. The summed E-state index contributed by atoms with van der Waals surface area (Å²) in [5, 5.41) is 3.60. The van der Waals surface area contributed by atoms with Crippen LogP contribution in [0.3, 0.4) is 0 Å². The lowest BCUT2D eigenvalue weighted by atomic mass is 10.1. The second-order valence-corrected chi connectivity index (χ2v) is 7.54. The average molecular weight is 426 g/mol. The zero-order valence-electron chi connectivity index (χ0n) is 17.0. The number of benzene rings is 2. The van der Waals surface area contributed by atoms with Crippen LogP contribution in [0.4, 0.5) is 5.69 Å². The van der Waals surface area contributed by atoms with Crippen molar-refractivity contribution in [1.82, 2.24) is 9.55 Å². The van der Waals surface area contributed by atoms with Gasteiger partial charge in [0.15, 0.2) is 11.8 Å². The number of imidazole rings is 1. The number of rotatable bonds is 8. The number of hydrogen-bond donors (Lipinski definition) is 1. The molecule has 1 aromatic heterocycles. The van der Waals surface area contributed by atoms with Crippen molar-refractivity contribution in [3.05, 3.63) is 66.0 Å². The normalized spacial score (nSPS) is 10.5. The number of methoxy groups -OCH3 is 1. The molecule has 1 amide bonds. The number of carbonyl (C=O) groups is 2. The third kappa shape index (κ3) is 5.64. The molecule has 1 heterocycles. The number of aryl methyl sites for hydroxylation is 2. The number of ether oxygens (including phenoxy) is 2. The second kappa shape index (κ2) is 9.98. The highest BCUT2D eigenvalue weighted by atomic mass is 32.2. The van der Waals surface area contributed by atoms with Gasteiger partial charge >= 0.3 is 5.97 Å². The molecule has 0 unspecified atom stereocenters. The lowest BCUT2D eigenvalue weighted by Crippen LogP contribution is -2.15. The number of hydrogen-bond acceptors (Lipinski definition) is 6. The van der Waals surface area contributed by atoms with Gasteiger partial charge in [0.1, 0.15) is 5.75 Å². The number of nitrogens with zero attached hydrogens (tertiary/aromatic N) is 2. The molecule has 0 spiro atoms. The van der Waals surface area contributed by atoms with Crippen LogP contribution in [0.15, 0.2) is 60.0 Å². The van der Waals surface area contributed by atoms with Crippen LogP contribution >= 0.6 is 11.8 Å². The van der Waals surface area contributed by atoms with Crippen LogP contribution in [-0.4, -0.2) is 40.9 Å². The molecule has 0 radical (unpaired) electrons. The minimum Gasteiger partial charge on any atom is -0.482 e. The van der Waals surface area contributed by atoms with E-state index >= 15 is 0 Å². The Labute approximate surface area is 179 Å². The van der Waals surface area contributed by atoms with Crippen molar-refractivity contribution in [3.8, 4) is 11.4 Å². The molecule has 8 heteroatoms.